The fourth-order valence-electron chi connectivity index (χ4n) is 3.33. The quantitative estimate of drug-likeness (QED) is 0.889. The van der Waals surface area contributed by atoms with Crippen LogP contribution in [0.3, 0.4) is 0 Å². The highest BCUT2D eigenvalue weighted by Gasteiger charge is 2.29. The summed E-state index contributed by atoms with van der Waals surface area (Å²) < 4.78 is 6.38. The number of H-pyrrole nitrogens is 1. The molecule has 1 saturated carbocycles. The molecule has 3 heterocycles. The van der Waals surface area contributed by atoms with Gasteiger partial charge in [0.15, 0.2) is 0 Å². The molecule has 2 aromatic heterocycles. The van der Waals surface area contributed by atoms with Gasteiger partial charge in [-0.25, -0.2) is 0 Å². The molecule has 2 N–H and O–H groups in total. The number of rotatable bonds is 4. The van der Waals surface area contributed by atoms with E-state index in [0.29, 0.717) is 5.92 Å². The lowest BCUT2D eigenvalue weighted by molar-refractivity contribution is 0.165. The first kappa shape index (κ1) is 16.6. The van der Waals surface area contributed by atoms with Crippen molar-refractivity contribution in [2.24, 2.45) is 0 Å². The van der Waals surface area contributed by atoms with Crippen LogP contribution in [-0.4, -0.2) is 34.4 Å². The molecule has 0 aromatic carbocycles. The lowest BCUT2D eigenvalue weighted by atomic mass is 9.92. The van der Waals surface area contributed by atoms with E-state index in [1.54, 1.807) is 0 Å². The molecule has 2 aliphatic rings. The molecule has 4 rings (SSSR count). The zero-order chi connectivity index (χ0) is 17.4. The maximum atomic E-state index is 6.38. The third kappa shape index (κ3) is 3.71. The minimum absolute atomic E-state index is 0.0479. The maximum Gasteiger partial charge on any atom is 0.127 e. The summed E-state index contributed by atoms with van der Waals surface area (Å²) in [4.78, 5) is 4.68. The molecule has 2 aromatic rings. The first-order chi connectivity index (χ1) is 12.0. The molecule has 0 amide bonds. The first-order valence-electron chi connectivity index (χ1n) is 9.44. The predicted octanol–water partition coefficient (Wildman–Crippen LogP) is 3.78. The lowest BCUT2D eigenvalue weighted by Gasteiger charge is -2.25. The van der Waals surface area contributed by atoms with Gasteiger partial charge in [0.25, 0.3) is 0 Å². The van der Waals surface area contributed by atoms with Crippen LogP contribution in [-0.2, 0) is 5.41 Å². The van der Waals surface area contributed by atoms with Gasteiger partial charge in [-0.1, -0.05) is 20.8 Å². The Kier molecular flexibility index (Phi) is 4.28. The summed E-state index contributed by atoms with van der Waals surface area (Å²) in [5, 5.41) is 11.1. The average molecular weight is 340 g/mol. The Balaban J connectivity index is 1.62. The van der Waals surface area contributed by atoms with Gasteiger partial charge in [-0.05, 0) is 44.2 Å². The summed E-state index contributed by atoms with van der Waals surface area (Å²) in [6.45, 7) is 8.56. The zero-order valence-corrected chi connectivity index (χ0v) is 15.4. The summed E-state index contributed by atoms with van der Waals surface area (Å²) in [7, 11) is 0. The smallest absolute Gasteiger partial charge is 0.127 e. The van der Waals surface area contributed by atoms with Gasteiger partial charge in [-0.3, -0.25) is 10.1 Å². The minimum Gasteiger partial charge on any atom is -0.489 e. The summed E-state index contributed by atoms with van der Waals surface area (Å²) in [6, 6.07) is 4.19. The normalized spacial score (nSPS) is 21.3. The molecule has 1 aliphatic heterocycles. The molecule has 1 unspecified atom stereocenters. The Morgan fingerprint density at radius 2 is 1.96 bits per heavy atom. The second kappa shape index (κ2) is 6.45. The Bertz CT molecular complexity index is 736. The van der Waals surface area contributed by atoms with Gasteiger partial charge in [0.05, 0.1) is 5.69 Å². The van der Waals surface area contributed by atoms with Crippen molar-refractivity contribution in [1.29, 1.82) is 0 Å². The standard InChI is InChI=1S/C20H28N4O/c1-20(2,3)19-10-17(23-24-19)16-9-18(15(12-22-16)13-6-7-13)25-14-5-4-8-21-11-14/h9-10,12-14,21H,4-8,11H2,1-3H3,(H,23,24). The number of nitrogens with zero attached hydrogens (tertiary/aromatic N) is 2. The number of pyridine rings is 1. The maximum absolute atomic E-state index is 6.38. The molecular formula is C20H28N4O. The number of nitrogens with one attached hydrogen (secondary N) is 2. The molecule has 2 fully saturated rings. The second-order valence-corrected chi connectivity index (χ2v) is 8.38. The van der Waals surface area contributed by atoms with Crippen molar-refractivity contribution in [2.45, 2.75) is 63.9 Å². The topological polar surface area (TPSA) is 62.8 Å². The SMILES string of the molecule is CC(C)(C)c1cc(-c2cc(OC3CCCNC3)c(C3CC3)cn2)n[nH]1. The monoisotopic (exact) mass is 340 g/mol. The predicted molar refractivity (Wildman–Crippen MR) is 99.0 cm³/mol. The fraction of sp³-hybridized carbons (Fsp3) is 0.600. The Morgan fingerprint density at radius 3 is 2.60 bits per heavy atom. The van der Waals surface area contributed by atoms with Gasteiger partial charge in [-0.15, -0.1) is 0 Å². The summed E-state index contributed by atoms with van der Waals surface area (Å²) in [5.41, 5.74) is 4.20. The highest BCUT2D eigenvalue weighted by molar-refractivity contribution is 5.58. The van der Waals surface area contributed by atoms with E-state index in [1.165, 1.54) is 24.8 Å². The second-order valence-electron chi connectivity index (χ2n) is 8.38. The molecule has 134 valence electrons. The molecule has 5 heteroatoms. The van der Waals surface area contributed by atoms with Crippen LogP contribution in [0.5, 0.6) is 5.75 Å². The number of aromatic amines is 1. The fourth-order valence-corrected chi connectivity index (χ4v) is 3.33. The Hall–Kier alpha value is -1.88. The van der Waals surface area contributed by atoms with Crippen LogP contribution in [0.15, 0.2) is 18.3 Å². The number of hydrogen-bond donors (Lipinski definition) is 2. The highest BCUT2D eigenvalue weighted by Crippen LogP contribution is 2.45. The van der Waals surface area contributed by atoms with Gasteiger partial charge >= 0.3 is 0 Å². The third-order valence-corrected chi connectivity index (χ3v) is 5.11. The van der Waals surface area contributed by atoms with Crippen LogP contribution in [0.1, 0.15) is 63.6 Å². The van der Waals surface area contributed by atoms with Crippen molar-refractivity contribution in [3.05, 3.63) is 29.6 Å². The van der Waals surface area contributed by atoms with Crippen LogP contribution in [0, 0.1) is 0 Å². The molecular weight excluding hydrogens is 312 g/mol. The number of piperidine rings is 1. The van der Waals surface area contributed by atoms with E-state index in [-0.39, 0.29) is 11.5 Å². The lowest BCUT2D eigenvalue weighted by Crippen LogP contribution is -2.37. The molecule has 1 aliphatic carbocycles. The molecule has 0 spiro atoms. The van der Waals surface area contributed by atoms with E-state index in [0.717, 1.165) is 42.3 Å². The van der Waals surface area contributed by atoms with E-state index in [9.17, 15) is 0 Å². The van der Waals surface area contributed by atoms with Crippen LogP contribution in [0.4, 0.5) is 0 Å². The number of hydrogen-bond acceptors (Lipinski definition) is 4. The van der Waals surface area contributed by atoms with Gasteiger partial charge in [0, 0.05) is 35.5 Å². The van der Waals surface area contributed by atoms with Crippen molar-refractivity contribution in [1.82, 2.24) is 20.5 Å². The van der Waals surface area contributed by atoms with E-state index in [1.807, 2.05) is 6.20 Å². The molecule has 1 atom stereocenters. The summed E-state index contributed by atoms with van der Waals surface area (Å²) in [5.74, 6) is 1.62. The third-order valence-electron chi connectivity index (χ3n) is 5.11. The van der Waals surface area contributed by atoms with Crippen molar-refractivity contribution in [2.75, 3.05) is 13.1 Å². The van der Waals surface area contributed by atoms with E-state index >= 15 is 0 Å². The van der Waals surface area contributed by atoms with Crippen LogP contribution in [0.2, 0.25) is 0 Å². The van der Waals surface area contributed by atoms with Crippen molar-refractivity contribution < 1.29 is 4.74 Å². The van der Waals surface area contributed by atoms with Crippen molar-refractivity contribution in [3.63, 3.8) is 0 Å². The van der Waals surface area contributed by atoms with Crippen LogP contribution >= 0.6 is 0 Å². The van der Waals surface area contributed by atoms with Crippen molar-refractivity contribution >= 4 is 0 Å². The molecule has 25 heavy (non-hydrogen) atoms. The van der Waals surface area contributed by atoms with Crippen LogP contribution in [0.25, 0.3) is 11.4 Å². The molecule has 0 radical (unpaired) electrons. The van der Waals surface area contributed by atoms with Gasteiger partial charge in [-0.2, -0.15) is 5.10 Å². The van der Waals surface area contributed by atoms with Gasteiger partial charge < -0.3 is 10.1 Å². The van der Waals surface area contributed by atoms with E-state index in [2.05, 4.69) is 53.4 Å². The van der Waals surface area contributed by atoms with Crippen LogP contribution < -0.4 is 10.1 Å². The highest BCUT2D eigenvalue weighted by atomic mass is 16.5. The Labute approximate surface area is 149 Å². The molecule has 0 bridgehead atoms. The minimum atomic E-state index is 0.0479. The van der Waals surface area contributed by atoms with E-state index < -0.39 is 0 Å². The molecule has 1 saturated heterocycles. The largest absolute Gasteiger partial charge is 0.489 e. The number of ether oxygens (including phenoxy) is 1. The first-order valence-corrected chi connectivity index (χ1v) is 9.44. The summed E-state index contributed by atoms with van der Waals surface area (Å²) >= 11 is 0. The van der Waals surface area contributed by atoms with Gasteiger partial charge in [0.2, 0.25) is 0 Å². The average Bonchev–Trinajstić information content (AvgIpc) is 3.30. The zero-order valence-electron chi connectivity index (χ0n) is 15.4. The molecule has 5 nitrogen and oxygen atoms in total. The Morgan fingerprint density at radius 1 is 1.12 bits per heavy atom. The van der Waals surface area contributed by atoms with Crippen molar-refractivity contribution in [3.8, 4) is 17.1 Å². The summed E-state index contributed by atoms with van der Waals surface area (Å²) in [6.07, 6.45) is 7.05. The van der Waals surface area contributed by atoms with E-state index in [4.69, 9.17) is 4.74 Å². The van der Waals surface area contributed by atoms with Gasteiger partial charge in [0.1, 0.15) is 17.5 Å². The number of aromatic nitrogens is 3.